The van der Waals surface area contributed by atoms with Gasteiger partial charge in [0.15, 0.2) is 0 Å². The van der Waals surface area contributed by atoms with E-state index in [1.807, 2.05) is 24.3 Å². The molecule has 1 saturated heterocycles. The second-order valence-electron chi connectivity index (χ2n) is 5.46. The van der Waals surface area contributed by atoms with Crippen molar-refractivity contribution in [3.63, 3.8) is 0 Å². The summed E-state index contributed by atoms with van der Waals surface area (Å²) >= 11 is 0. The number of carbonyl (C=O) groups is 2. The minimum atomic E-state index is -0.887. The number of benzene rings is 1. The third kappa shape index (κ3) is 1.15. The number of hydrogen-bond acceptors (Lipinski definition) is 2. The van der Waals surface area contributed by atoms with Crippen molar-refractivity contribution in [1.29, 1.82) is 0 Å². The minimum absolute atomic E-state index is 0.0393. The molecule has 0 saturated carbocycles. The number of carboxylic acid groups (broad SMARTS) is 1. The largest absolute Gasteiger partial charge is 0.481 e. The van der Waals surface area contributed by atoms with Gasteiger partial charge in [-0.3, -0.25) is 9.59 Å². The quantitative estimate of drug-likeness (QED) is 0.820. The molecule has 3 aliphatic rings. The van der Waals surface area contributed by atoms with Gasteiger partial charge in [-0.05, 0) is 24.5 Å². The van der Waals surface area contributed by atoms with Crippen molar-refractivity contribution in [1.82, 2.24) is 4.90 Å². The van der Waals surface area contributed by atoms with E-state index in [0.717, 1.165) is 11.1 Å². The van der Waals surface area contributed by atoms with Crippen LogP contribution in [-0.4, -0.2) is 28.9 Å². The molecule has 2 aliphatic heterocycles. The summed E-state index contributed by atoms with van der Waals surface area (Å²) in [5, 5.41) is 9.51. The zero-order valence-corrected chi connectivity index (χ0v) is 10.4. The van der Waals surface area contributed by atoms with Gasteiger partial charge in [-0.1, -0.05) is 24.3 Å². The van der Waals surface area contributed by atoms with E-state index in [1.54, 1.807) is 18.9 Å². The number of hydrogen-bond donors (Lipinski definition) is 1. The fraction of sp³-hybridized carbons (Fsp3) is 0.429. The molecule has 2 heterocycles. The number of piperidine rings is 1. The molecule has 4 rings (SSSR count). The lowest BCUT2D eigenvalue weighted by molar-refractivity contribution is -0.164. The molecule has 2 bridgehead atoms. The lowest BCUT2D eigenvalue weighted by atomic mass is 9.61. The Morgan fingerprint density at radius 1 is 1.39 bits per heavy atom. The highest BCUT2D eigenvalue weighted by molar-refractivity contribution is 5.91. The van der Waals surface area contributed by atoms with Crippen LogP contribution in [0.1, 0.15) is 36.4 Å². The molecule has 1 aromatic carbocycles. The first-order valence-electron chi connectivity index (χ1n) is 6.05. The topological polar surface area (TPSA) is 57.6 Å². The number of nitrogens with zero attached hydrogens (tertiary/aromatic N) is 1. The second kappa shape index (κ2) is 3.34. The molecule has 1 fully saturated rings. The average molecular weight is 245 g/mol. The molecule has 4 nitrogen and oxygen atoms in total. The van der Waals surface area contributed by atoms with E-state index in [1.165, 1.54) is 0 Å². The molecule has 4 heteroatoms. The smallest absolute Gasteiger partial charge is 0.311 e. The predicted octanol–water partition coefficient (Wildman–Crippen LogP) is 1.78. The van der Waals surface area contributed by atoms with Crippen LogP contribution >= 0.6 is 0 Å². The Labute approximate surface area is 105 Å². The minimum Gasteiger partial charge on any atom is -0.481 e. The zero-order valence-electron chi connectivity index (χ0n) is 10.4. The summed E-state index contributed by atoms with van der Waals surface area (Å²) < 4.78 is 0. The van der Waals surface area contributed by atoms with E-state index in [9.17, 15) is 14.7 Å². The van der Waals surface area contributed by atoms with E-state index >= 15 is 0 Å². The molecular weight excluding hydrogens is 230 g/mol. The second-order valence-corrected chi connectivity index (χ2v) is 5.46. The van der Waals surface area contributed by atoms with Crippen LogP contribution in [0, 0.1) is 5.41 Å². The van der Waals surface area contributed by atoms with E-state index in [-0.39, 0.29) is 17.9 Å². The normalized spacial score (nSPS) is 33.4. The highest BCUT2D eigenvalue weighted by atomic mass is 16.4. The van der Waals surface area contributed by atoms with Crippen LogP contribution in [-0.2, 0) is 9.59 Å². The van der Waals surface area contributed by atoms with Gasteiger partial charge in [-0.15, -0.1) is 0 Å². The molecular formula is C14H15NO3. The first-order chi connectivity index (χ1) is 8.47. The molecule has 1 aromatic rings. The van der Waals surface area contributed by atoms with Gasteiger partial charge in [0.25, 0.3) is 0 Å². The lowest BCUT2D eigenvalue weighted by Gasteiger charge is -2.52. The van der Waals surface area contributed by atoms with Crippen molar-refractivity contribution in [2.45, 2.75) is 25.3 Å². The van der Waals surface area contributed by atoms with Gasteiger partial charge in [-0.2, -0.15) is 0 Å². The number of carboxylic acids is 1. The molecule has 1 amide bonds. The van der Waals surface area contributed by atoms with Crippen LogP contribution in [0.25, 0.3) is 0 Å². The van der Waals surface area contributed by atoms with Gasteiger partial charge >= 0.3 is 5.97 Å². The van der Waals surface area contributed by atoms with Gasteiger partial charge in [0, 0.05) is 7.05 Å². The molecule has 0 aromatic heterocycles. The molecule has 3 atom stereocenters. The summed E-state index contributed by atoms with van der Waals surface area (Å²) in [6, 6.07) is 7.34. The van der Waals surface area contributed by atoms with E-state index < -0.39 is 11.4 Å². The van der Waals surface area contributed by atoms with Crippen LogP contribution in [0.5, 0.6) is 0 Å². The fourth-order valence-corrected chi connectivity index (χ4v) is 3.50. The van der Waals surface area contributed by atoms with Crippen molar-refractivity contribution < 1.29 is 14.7 Å². The Bertz CT molecular complexity index is 554. The van der Waals surface area contributed by atoms with E-state index in [0.29, 0.717) is 6.42 Å². The van der Waals surface area contributed by atoms with Crippen molar-refractivity contribution in [3.05, 3.63) is 35.4 Å². The highest BCUT2D eigenvalue weighted by Crippen LogP contribution is 2.56. The summed E-state index contributed by atoms with van der Waals surface area (Å²) in [4.78, 5) is 25.4. The predicted molar refractivity (Wildman–Crippen MR) is 65.1 cm³/mol. The van der Waals surface area contributed by atoms with Crippen molar-refractivity contribution in [2.75, 3.05) is 7.05 Å². The van der Waals surface area contributed by atoms with Gasteiger partial charge in [0.05, 0.1) is 17.4 Å². The van der Waals surface area contributed by atoms with Crippen LogP contribution in [0.3, 0.4) is 0 Å². The third-order valence-corrected chi connectivity index (χ3v) is 4.42. The first-order valence-corrected chi connectivity index (χ1v) is 6.05. The van der Waals surface area contributed by atoms with Gasteiger partial charge < -0.3 is 10.0 Å². The number of aliphatic carboxylic acids is 1. The Morgan fingerprint density at radius 3 is 2.61 bits per heavy atom. The van der Waals surface area contributed by atoms with Crippen LogP contribution in [0.4, 0.5) is 0 Å². The van der Waals surface area contributed by atoms with Crippen LogP contribution in [0.2, 0.25) is 0 Å². The SMILES string of the molecule is CN1C(=O)[C@H]2C[C@@](C)(C(=O)O)C1c1ccccc12. The van der Waals surface area contributed by atoms with Gasteiger partial charge in [0.2, 0.25) is 5.91 Å². The summed E-state index contributed by atoms with van der Waals surface area (Å²) in [5.41, 5.74) is 1.10. The van der Waals surface area contributed by atoms with Crippen LogP contribution in [0.15, 0.2) is 24.3 Å². The fourth-order valence-electron chi connectivity index (χ4n) is 3.50. The summed E-state index contributed by atoms with van der Waals surface area (Å²) in [6.07, 6.45) is 0.396. The van der Waals surface area contributed by atoms with Crippen molar-refractivity contribution in [2.24, 2.45) is 5.41 Å². The summed E-state index contributed by atoms with van der Waals surface area (Å²) in [7, 11) is 1.70. The standard InChI is InChI=1S/C14H15NO3/c1-14(13(17)18)7-10-8-5-3-4-6-9(8)11(14)15(2)12(10)16/h3-6,10-11H,7H2,1-2H3,(H,17,18)/t10-,11?,14+/m0/s1. The summed E-state index contributed by atoms with van der Waals surface area (Å²) in [6.45, 7) is 1.74. The molecule has 1 N–H and O–H groups in total. The Balaban J connectivity index is 2.25. The molecule has 94 valence electrons. The number of fused-ring (bicyclic) bond motifs is 2. The van der Waals surface area contributed by atoms with E-state index in [4.69, 9.17) is 0 Å². The molecule has 18 heavy (non-hydrogen) atoms. The van der Waals surface area contributed by atoms with Gasteiger partial charge in [-0.25, -0.2) is 0 Å². The molecule has 1 aliphatic carbocycles. The number of rotatable bonds is 1. The first kappa shape index (κ1) is 11.3. The van der Waals surface area contributed by atoms with Crippen molar-refractivity contribution in [3.8, 4) is 0 Å². The number of amides is 1. The Hall–Kier alpha value is -1.84. The monoisotopic (exact) mass is 245 g/mol. The third-order valence-electron chi connectivity index (χ3n) is 4.42. The maximum absolute atomic E-state index is 12.2. The average Bonchev–Trinajstić information content (AvgIpc) is 2.34. The Kier molecular flexibility index (Phi) is 2.09. The lowest BCUT2D eigenvalue weighted by Crippen LogP contribution is -2.56. The van der Waals surface area contributed by atoms with Crippen molar-refractivity contribution >= 4 is 11.9 Å². The van der Waals surface area contributed by atoms with E-state index in [2.05, 4.69) is 0 Å². The zero-order chi connectivity index (χ0) is 13.1. The number of likely N-dealkylation sites (N-methyl/N-ethyl adjacent to an activating group) is 1. The Morgan fingerprint density at radius 2 is 2.00 bits per heavy atom. The maximum Gasteiger partial charge on any atom is 0.311 e. The number of carbonyl (C=O) groups excluding carboxylic acids is 1. The highest BCUT2D eigenvalue weighted by Gasteiger charge is 2.57. The van der Waals surface area contributed by atoms with Gasteiger partial charge in [0.1, 0.15) is 0 Å². The molecule has 0 radical (unpaired) electrons. The van der Waals surface area contributed by atoms with Crippen LogP contribution < -0.4 is 0 Å². The summed E-state index contributed by atoms with van der Waals surface area (Å²) in [5.74, 6) is -1.10. The molecule has 0 spiro atoms. The molecule has 1 unspecified atom stereocenters. The maximum atomic E-state index is 12.2.